The maximum absolute atomic E-state index is 12.6. The molecular weight excluding hydrogens is 617 g/mol. The molecule has 0 aromatic heterocycles. The van der Waals surface area contributed by atoms with E-state index in [2.05, 4.69) is 26.0 Å². The minimum absolute atomic E-state index is 0.0553. The van der Waals surface area contributed by atoms with E-state index in [4.69, 9.17) is 9.84 Å². The lowest BCUT2D eigenvalue weighted by Gasteiger charge is -2.15. The molecular formula is C46H88O4. The van der Waals surface area contributed by atoms with Crippen molar-refractivity contribution in [2.24, 2.45) is 0 Å². The Balaban J connectivity index is 3.74. The molecule has 0 heterocycles. The van der Waals surface area contributed by atoms with Gasteiger partial charge in [-0.3, -0.25) is 9.59 Å². The number of ether oxygens (including phenoxy) is 1. The van der Waals surface area contributed by atoms with Crippen molar-refractivity contribution < 1.29 is 19.4 Å². The first-order valence-electron chi connectivity index (χ1n) is 22.7. The molecule has 0 aliphatic heterocycles. The van der Waals surface area contributed by atoms with Crippen LogP contribution in [0.15, 0.2) is 12.2 Å². The molecule has 4 heteroatoms. The summed E-state index contributed by atoms with van der Waals surface area (Å²) in [6.45, 7) is 4.55. The molecule has 0 radical (unpaired) electrons. The van der Waals surface area contributed by atoms with Crippen LogP contribution in [0.4, 0.5) is 0 Å². The van der Waals surface area contributed by atoms with Crippen molar-refractivity contribution in [3.63, 3.8) is 0 Å². The first-order valence-corrected chi connectivity index (χ1v) is 22.7. The van der Waals surface area contributed by atoms with E-state index in [1.54, 1.807) is 0 Å². The fraction of sp³-hybridized carbons (Fsp3) is 0.913. The lowest BCUT2D eigenvalue weighted by atomic mass is 10.0. The minimum Gasteiger partial charge on any atom is -0.481 e. The molecule has 0 fully saturated rings. The molecule has 0 saturated heterocycles. The van der Waals surface area contributed by atoms with E-state index < -0.39 is 5.97 Å². The van der Waals surface area contributed by atoms with Crippen molar-refractivity contribution in [2.45, 2.75) is 270 Å². The molecule has 0 rings (SSSR count). The van der Waals surface area contributed by atoms with E-state index in [0.717, 1.165) is 51.4 Å². The quantitative estimate of drug-likeness (QED) is 0.0390. The van der Waals surface area contributed by atoms with Crippen molar-refractivity contribution >= 4 is 11.9 Å². The van der Waals surface area contributed by atoms with E-state index >= 15 is 0 Å². The van der Waals surface area contributed by atoms with Crippen molar-refractivity contribution in [3.05, 3.63) is 12.2 Å². The monoisotopic (exact) mass is 705 g/mol. The third-order valence-electron chi connectivity index (χ3n) is 10.5. The van der Waals surface area contributed by atoms with Gasteiger partial charge in [0.1, 0.15) is 6.10 Å². The van der Waals surface area contributed by atoms with Gasteiger partial charge in [-0.15, -0.1) is 0 Å². The SMILES string of the molecule is CCCCCCCCC/C=C\C(CCCCCCC(=O)O)OC(=O)CCCCCCCCCCCCCCCCCCCCCCCCCC. The summed E-state index contributed by atoms with van der Waals surface area (Å²) in [5, 5.41) is 8.85. The maximum Gasteiger partial charge on any atom is 0.306 e. The van der Waals surface area contributed by atoms with Gasteiger partial charge in [0.05, 0.1) is 0 Å². The third kappa shape index (κ3) is 41.1. The Morgan fingerprint density at radius 1 is 0.440 bits per heavy atom. The number of allylic oxidation sites excluding steroid dienone is 1. The number of rotatable bonds is 42. The van der Waals surface area contributed by atoms with E-state index in [1.807, 2.05) is 0 Å². The number of carbonyl (C=O) groups is 2. The van der Waals surface area contributed by atoms with Gasteiger partial charge in [0.15, 0.2) is 0 Å². The number of aliphatic carboxylic acids is 1. The fourth-order valence-electron chi connectivity index (χ4n) is 7.10. The Bertz CT molecular complexity index is 717. The molecule has 1 unspecified atom stereocenters. The zero-order valence-corrected chi connectivity index (χ0v) is 34.0. The summed E-state index contributed by atoms with van der Waals surface area (Å²) in [5.74, 6) is -0.772. The normalized spacial score (nSPS) is 12.2. The van der Waals surface area contributed by atoms with Gasteiger partial charge in [-0.25, -0.2) is 0 Å². The minimum atomic E-state index is -0.717. The number of esters is 1. The number of hydrogen-bond acceptors (Lipinski definition) is 3. The Morgan fingerprint density at radius 3 is 1.14 bits per heavy atom. The van der Waals surface area contributed by atoms with Crippen LogP contribution in [0.2, 0.25) is 0 Å². The van der Waals surface area contributed by atoms with Gasteiger partial charge < -0.3 is 9.84 Å². The smallest absolute Gasteiger partial charge is 0.306 e. The number of unbranched alkanes of at least 4 members (excludes halogenated alkanes) is 33. The molecule has 1 N–H and O–H groups in total. The second-order valence-corrected chi connectivity index (χ2v) is 15.6. The van der Waals surface area contributed by atoms with Crippen LogP contribution in [0, 0.1) is 0 Å². The summed E-state index contributed by atoms with van der Waals surface area (Å²) in [5.41, 5.74) is 0. The molecule has 1 atom stereocenters. The van der Waals surface area contributed by atoms with E-state index in [0.29, 0.717) is 6.42 Å². The lowest BCUT2D eigenvalue weighted by molar-refractivity contribution is -0.147. The highest BCUT2D eigenvalue weighted by atomic mass is 16.5. The van der Waals surface area contributed by atoms with Crippen LogP contribution in [-0.2, 0) is 14.3 Å². The molecule has 0 bridgehead atoms. The second kappa shape index (κ2) is 42.1. The van der Waals surface area contributed by atoms with Gasteiger partial charge in [-0.05, 0) is 44.6 Å². The molecule has 4 nitrogen and oxygen atoms in total. The third-order valence-corrected chi connectivity index (χ3v) is 10.5. The van der Waals surface area contributed by atoms with Crippen LogP contribution in [0.3, 0.4) is 0 Å². The van der Waals surface area contributed by atoms with E-state index in [1.165, 1.54) is 186 Å². The summed E-state index contributed by atoms with van der Waals surface area (Å²) < 4.78 is 5.90. The zero-order valence-electron chi connectivity index (χ0n) is 34.0. The summed E-state index contributed by atoms with van der Waals surface area (Å²) in [6, 6.07) is 0. The van der Waals surface area contributed by atoms with Crippen molar-refractivity contribution in [1.29, 1.82) is 0 Å². The Hall–Kier alpha value is -1.32. The van der Waals surface area contributed by atoms with Crippen molar-refractivity contribution in [1.82, 2.24) is 0 Å². The second-order valence-electron chi connectivity index (χ2n) is 15.6. The van der Waals surface area contributed by atoms with Gasteiger partial charge in [-0.1, -0.05) is 219 Å². The van der Waals surface area contributed by atoms with Crippen LogP contribution >= 0.6 is 0 Å². The Morgan fingerprint density at radius 2 is 0.760 bits per heavy atom. The number of carboxylic acid groups (broad SMARTS) is 1. The van der Waals surface area contributed by atoms with Gasteiger partial charge in [-0.2, -0.15) is 0 Å². The molecule has 0 aliphatic carbocycles. The summed E-state index contributed by atoms with van der Waals surface area (Å²) in [6.07, 6.45) is 52.8. The molecule has 0 spiro atoms. The summed E-state index contributed by atoms with van der Waals surface area (Å²) >= 11 is 0. The Kier molecular flexibility index (Phi) is 41.0. The Labute approximate surface area is 313 Å². The summed E-state index contributed by atoms with van der Waals surface area (Å²) in [4.78, 5) is 23.4. The fourth-order valence-corrected chi connectivity index (χ4v) is 7.10. The zero-order chi connectivity index (χ0) is 36.4. The highest BCUT2D eigenvalue weighted by molar-refractivity contribution is 5.69. The lowest BCUT2D eigenvalue weighted by Crippen LogP contribution is -2.16. The van der Waals surface area contributed by atoms with E-state index in [-0.39, 0.29) is 18.5 Å². The van der Waals surface area contributed by atoms with E-state index in [9.17, 15) is 9.59 Å². The topological polar surface area (TPSA) is 63.6 Å². The van der Waals surface area contributed by atoms with Gasteiger partial charge in [0.2, 0.25) is 0 Å². The molecule has 0 amide bonds. The average molecular weight is 705 g/mol. The maximum atomic E-state index is 12.6. The standard InChI is InChI=1S/C46H88O4/c1-3-5-7-9-11-13-14-15-16-17-18-19-20-21-22-23-24-25-26-27-29-31-33-39-43-46(49)50-44(41-37-34-35-38-42-45(47)48)40-36-32-30-28-12-10-8-6-4-2/h36,40,44H,3-35,37-39,41-43H2,1-2H3,(H,47,48)/b40-36-. The molecule has 50 heavy (non-hydrogen) atoms. The molecule has 296 valence electrons. The number of carboxylic acids is 1. The first-order chi connectivity index (χ1) is 24.6. The predicted octanol–water partition coefficient (Wildman–Crippen LogP) is 15.8. The highest BCUT2D eigenvalue weighted by Gasteiger charge is 2.11. The van der Waals surface area contributed by atoms with Crippen LogP contribution < -0.4 is 0 Å². The van der Waals surface area contributed by atoms with Crippen molar-refractivity contribution in [3.8, 4) is 0 Å². The first kappa shape index (κ1) is 48.7. The average Bonchev–Trinajstić information content (AvgIpc) is 3.10. The molecule has 0 aliphatic rings. The van der Waals surface area contributed by atoms with Crippen LogP contribution in [0.5, 0.6) is 0 Å². The van der Waals surface area contributed by atoms with Gasteiger partial charge in [0, 0.05) is 12.8 Å². The summed E-state index contributed by atoms with van der Waals surface area (Å²) in [7, 11) is 0. The predicted molar refractivity (Wildman–Crippen MR) is 218 cm³/mol. The van der Waals surface area contributed by atoms with Crippen LogP contribution in [0.1, 0.15) is 264 Å². The molecule has 0 saturated carbocycles. The van der Waals surface area contributed by atoms with Gasteiger partial charge >= 0.3 is 11.9 Å². The molecule has 0 aromatic carbocycles. The van der Waals surface area contributed by atoms with Gasteiger partial charge in [0.25, 0.3) is 0 Å². The number of hydrogen-bond donors (Lipinski definition) is 1. The number of carbonyl (C=O) groups excluding carboxylic acids is 1. The molecule has 0 aromatic rings. The van der Waals surface area contributed by atoms with Crippen molar-refractivity contribution in [2.75, 3.05) is 0 Å². The largest absolute Gasteiger partial charge is 0.481 e. The van der Waals surface area contributed by atoms with Crippen LogP contribution in [-0.4, -0.2) is 23.1 Å². The van der Waals surface area contributed by atoms with Crippen LogP contribution in [0.25, 0.3) is 0 Å². The highest BCUT2D eigenvalue weighted by Crippen LogP contribution is 2.17.